The fourth-order valence-electron chi connectivity index (χ4n) is 4.22. The Balaban J connectivity index is 1.60. The van der Waals surface area contributed by atoms with E-state index >= 15 is 0 Å². The molecule has 0 spiro atoms. The molecule has 0 aliphatic rings. The molecule has 278 valence electrons. The second kappa shape index (κ2) is 23.9. The van der Waals surface area contributed by atoms with E-state index in [2.05, 4.69) is 10.1 Å². The van der Waals surface area contributed by atoms with Crippen LogP contribution in [-0.2, 0) is 47.5 Å². The molecule has 0 atom stereocenters. The Labute approximate surface area is 296 Å². The van der Waals surface area contributed by atoms with Crippen LogP contribution < -0.4 is 5.32 Å². The molecular formula is C36H45NO14. The highest BCUT2D eigenvalue weighted by atomic mass is 16.6. The van der Waals surface area contributed by atoms with Gasteiger partial charge in [0.15, 0.2) is 0 Å². The quantitative estimate of drug-likeness (QED) is 0.0962. The van der Waals surface area contributed by atoms with E-state index in [0.717, 1.165) is 6.42 Å². The van der Waals surface area contributed by atoms with E-state index in [1.807, 2.05) is 0 Å². The highest BCUT2D eigenvalue weighted by molar-refractivity contribution is 5.99. The molecule has 15 nitrogen and oxygen atoms in total. The van der Waals surface area contributed by atoms with Crippen molar-refractivity contribution in [1.82, 2.24) is 0 Å². The number of hydrogen-bond donors (Lipinski definition) is 1. The van der Waals surface area contributed by atoms with Crippen LogP contribution in [0.5, 0.6) is 0 Å². The largest absolute Gasteiger partial charge is 0.466 e. The number of ether oxygens (including phenoxy) is 7. The summed E-state index contributed by atoms with van der Waals surface area (Å²) in [5.41, 5.74) is 0.834. The van der Waals surface area contributed by atoms with Gasteiger partial charge in [0.05, 0.1) is 75.2 Å². The van der Waals surface area contributed by atoms with E-state index in [1.54, 1.807) is 7.11 Å². The maximum absolute atomic E-state index is 12.5. The van der Waals surface area contributed by atoms with Crippen LogP contribution in [-0.4, -0.2) is 95.6 Å². The zero-order valence-corrected chi connectivity index (χ0v) is 29.2. The lowest BCUT2D eigenvalue weighted by molar-refractivity contribution is -0.150. The van der Waals surface area contributed by atoms with Gasteiger partial charge < -0.3 is 38.5 Å². The maximum atomic E-state index is 12.5. The number of carbonyl (C=O) groups excluding carboxylic acids is 7. The van der Waals surface area contributed by atoms with Crippen molar-refractivity contribution < 1.29 is 66.7 Å². The highest BCUT2D eigenvalue weighted by Gasteiger charge is 2.16. The van der Waals surface area contributed by atoms with Gasteiger partial charge in [-0.25, -0.2) is 19.2 Å². The fraction of sp³-hybridized carbons (Fsp3) is 0.472. The molecule has 2 rings (SSSR count). The summed E-state index contributed by atoms with van der Waals surface area (Å²) in [4.78, 5) is 84.0. The van der Waals surface area contributed by atoms with Crippen LogP contribution in [0.3, 0.4) is 0 Å². The van der Waals surface area contributed by atoms with Crippen LogP contribution in [0, 0.1) is 0 Å². The minimum Gasteiger partial charge on any atom is -0.466 e. The minimum atomic E-state index is -0.707. The summed E-state index contributed by atoms with van der Waals surface area (Å²) < 4.78 is 35.5. The summed E-state index contributed by atoms with van der Waals surface area (Å²) in [5.74, 6) is -3.92. The number of esters is 6. The van der Waals surface area contributed by atoms with Gasteiger partial charge in [0.2, 0.25) is 5.91 Å². The predicted octanol–water partition coefficient (Wildman–Crippen LogP) is 4.46. The maximum Gasteiger partial charge on any atom is 0.338 e. The smallest absolute Gasteiger partial charge is 0.338 e. The van der Waals surface area contributed by atoms with E-state index < -0.39 is 35.8 Å². The van der Waals surface area contributed by atoms with Crippen molar-refractivity contribution in [2.75, 3.05) is 59.2 Å². The second-order valence-electron chi connectivity index (χ2n) is 11.0. The van der Waals surface area contributed by atoms with E-state index in [1.165, 1.54) is 56.5 Å². The number of amides is 1. The van der Waals surface area contributed by atoms with Gasteiger partial charge in [-0.3, -0.25) is 14.4 Å². The molecule has 0 unspecified atom stereocenters. The molecule has 1 N–H and O–H groups in total. The zero-order valence-electron chi connectivity index (χ0n) is 29.2. The van der Waals surface area contributed by atoms with Crippen molar-refractivity contribution in [2.24, 2.45) is 0 Å². The molecule has 0 radical (unpaired) electrons. The summed E-state index contributed by atoms with van der Waals surface area (Å²) in [6.07, 6.45) is 3.03. The second-order valence-corrected chi connectivity index (χ2v) is 11.0. The molecule has 0 saturated carbocycles. The Morgan fingerprint density at radius 1 is 0.490 bits per heavy atom. The number of hydrogen-bond acceptors (Lipinski definition) is 14. The van der Waals surface area contributed by atoms with E-state index in [-0.39, 0.29) is 79.7 Å². The number of nitrogens with one attached hydrogen (secondary N) is 1. The predicted molar refractivity (Wildman–Crippen MR) is 180 cm³/mol. The van der Waals surface area contributed by atoms with Gasteiger partial charge in [0, 0.05) is 26.3 Å². The third-order valence-corrected chi connectivity index (χ3v) is 6.85. The molecule has 51 heavy (non-hydrogen) atoms. The standard InChI is InChI=1S/C36H45NO14/c1-25(38)37-30-23-28(33(41)46-3)22-29(24-30)36(44)51-21-9-8-20-50-35(43)27-12-10-26(11-13-27)34(42)49-19-7-6-18-48-32(40)15-14-31(39)47-17-5-4-16-45-2/h10-13,22-24H,4-9,14-21H2,1-3H3,(H,37,38). The van der Waals surface area contributed by atoms with Gasteiger partial charge in [-0.15, -0.1) is 0 Å². The number of rotatable bonds is 23. The summed E-state index contributed by atoms with van der Waals surface area (Å²) >= 11 is 0. The lowest BCUT2D eigenvalue weighted by Gasteiger charge is -2.10. The Morgan fingerprint density at radius 3 is 1.25 bits per heavy atom. The van der Waals surface area contributed by atoms with Gasteiger partial charge in [0.25, 0.3) is 0 Å². The molecule has 2 aromatic rings. The number of carbonyl (C=O) groups is 7. The number of benzene rings is 2. The first-order chi connectivity index (χ1) is 24.5. The third-order valence-electron chi connectivity index (χ3n) is 6.85. The molecule has 0 saturated heterocycles. The SMILES string of the molecule is COCCCCOC(=O)CCC(=O)OCCCCOC(=O)c1ccc(C(=O)OCCCCOC(=O)c2cc(NC(C)=O)cc(C(=O)OC)c2)cc1. The molecule has 15 heteroatoms. The number of anilines is 1. The van der Waals surface area contributed by atoms with Crippen molar-refractivity contribution in [3.05, 3.63) is 64.7 Å². The summed E-state index contributed by atoms with van der Waals surface area (Å²) in [6.45, 7) is 2.46. The lowest BCUT2D eigenvalue weighted by Crippen LogP contribution is -2.13. The lowest BCUT2D eigenvalue weighted by atomic mass is 10.1. The molecule has 0 heterocycles. The molecule has 0 aromatic heterocycles. The topological polar surface area (TPSA) is 196 Å². The molecule has 2 aromatic carbocycles. The Bertz CT molecular complexity index is 1470. The monoisotopic (exact) mass is 715 g/mol. The number of unbranched alkanes of at least 4 members (excludes halogenated alkanes) is 3. The third kappa shape index (κ3) is 17.3. The fourth-order valence-corrected chi connectivity index (χ4v) is 4.22. The van der Waals surface area contributed by atoms with Crippen molar-refractivity contribution in [3.63, 3.8) is 0 Å². The van der Waals surface area contributed by atoms with E-state index in [9.17, 15) is 33.6 Å². The van der Waals surface area contributed by atoms with Gasteiger partial charge in [-0.1, -0.05) is 0 Å². The van der Waals surface area contributed by atoms with Crippen molar-refractivity contribution in [1.29, 1.82) is 0 Å². The van der Waals surface area contributed by atoms with Crippen LogP contribution in [0.1, 0.15) is 99.7 Å². The summed E-state index contributed by atoms with van der Waals surface area (Å²) in [7, 11) is 2.79. The van der Waals surface area contributed by atoms with Crippen LogP contribution in [0.15, 0.2) is 42.5 Å². The van der Waals surface area contributed by atoms with Crippen LogP contribution in [0.4, 0.5) is 5.69 Å². The Kier molecular flexibility index (Phi) is 19.7. The molecule has 1 amide bonds. The van der Waals surface area contributed by atoms with Crippen LogP contribution in [0.25, 0.3) is 0 Å². The first-order valence-corrected chi connectivity index (χ1v) is 16.5. The molecule has 0 fully saturated rings. The van der Waals surface area contributed by atoms with Crippen LogP contribution >= 0.6 is 0 Å². The summed E-state index contributed by atoms with van der Waals surface area (Å²) in [5, 5.41) is 2.51. The first-order valence-electron chi connectivity index (χ1n) is 16.5. The number of methoxy groups -OCH3 is 2. The van der Waals surface area contributed by atoms with Gasteiger partial charge in [0.1, 0.15) is 0 Å². The van der Waals surface area contributed by atoms with Crippen molar-refractivity contribution in [2.45, 2.75) is 58.3 Å². The summed E-state index contributed by atoms with van der Waals surface area (Å²) in [6, 6.07) is 9.82. The van der Waals surface area contributed by atoms with Crippen molar-refractivity contribution in [3.8, 4) is 0 Å². The van der Waals surface area contributed by atoms with E-state index in [0.29, 0.717) is 38.7 Å². The van der Waals surface area contributed by atoms with E-state index in [4.69, 9.17) is 28.4 Å². The minimum absolute atomic E-state index is 0.0187. The normalized spacial score (nSPS) is 10.4. The molecule has 0 aliphatic heterocycles. The molecular weight excluding hydrogens is 670 g/mol. The average Bonchev–Trinajstić information content (AvgIpc) is 3.12. The van der Waals surface area contributed by atoms with Gasteiger partial charge in [-0.05, 0) is 81.0 Å². The van der Waals surface area contributed by atoms with Crippen molar-refractivity contribution >= 4 is 47.4 Å². The average molecular weight is 716 g/mol. The highest BCUT2D eigenvalue weighted by Crippen LogP contribution is 2.17. The Hall–Kier alpha value is -5.31. The van der Waals surface area contributed by atoms with Crippen LogP contribution in [0.2, 0.25) is 0 Å². The Morgan fingerprint density at radius 2 is 0.863 bits per heavy atom. The zero-order chi connectivity index (χ0) is 37.4. The molecule has 0 aliphatic carbocycles. The molecule has 0 bridgehead atoms. The van der Waals surface area contributed by atoms with Gasteiger partial charge in [-0.2, -0.15) is 0 Å². The first kappa shape index (κ1) is 41.9. The van der Waals surface area contributed by atoms with Gasteiger partial charge >= 0.3 is 35.8 Å².